The minimum absolute atomic E-state index is 0.0971. The summed E-state index contributed by atoms with van der Waals surface area (Å²) in [6, 6.07) is 0. The van der Waals surface area contributed by atoms with Crippen molar-refractivity contribution in [1.29, 1.82) is 0 Å². The molecule has 1 N–H and O–H groups in total. The molecule has 0 amide bonds. The van der Waals surface area contributed by atoms with Gasteiger partial charge < -0.3 is 5.11 Å². The van der Waals surface area contributed by atoms with Crippen LogP contribution in [0.5, 0.6) is 0 Å². The van der Waals surface area contributed by atoms with Gasteiger partial charge in [-0.2, -0.15) is 4.37 Å². The fourth-order valence-electron chi connectivity index (χ4n) is 0.933. The van der Waals surface area contributed by atoms with Crippen molar-refractivity contribution in [2.45, 2.75) is 36.3 Å². The maximum Gasteiger partial charge on any atom is 0.304 e. The molecular formula is C8H12N2O2S2. The Kier molecular flexibility index (Phi) is 4.34. The summed E-state index contributed by atoms with van der Waals surface area (Å²) in [7, 11) is 0. The van der Waals surface area contributed by atoms with E-state index in [4.69, 9.17) is 5.11 Å². The van der Waals surface area contributed by atoms with E-state index < -0.39 is 5.97 Å². The standard InChI is InChI=1S/C8H12N2O2S2/c1-3-6(4-7(11)12)13-8-9-5(2)10-14-8/h6H,3-4H2,1-2H3,(H,11,12). The van der Waals surface area contributed by atoms with E-state index in [1.165, 1.54) is 23.3 Å². The van der Waals surface area contributed by atoms with Crippen LogP contribution < -0.4 is 0 Å². The van der Waals surface area contributed by atoms with E-state index in [1.54, 1.807) is 0 Å². The van der Waals surface area contributed by atoms with E-state index in [9.17, 15) is 4.79 Å². The van der Waals surface area contributed by atoms with Crippen molar-refractivity contribution in [1.82, 2.24) is 9.36 Å². The Balaban J connectivity index is 2.52. The second-order valence-electron chi connectivity index (χ2n) is 2.85. The first kappa shape index (κ1) is 11.5. The second-order valence-corrected chi connectivity index (χ2v) is 5.15. The zero-order chi connectivity index (χ0) is 10.6. The number of rotatable bonds is 5. The van der Waals surface area contributed by atoms with Gasteiger partial charge >= 0.3 is 5.97 Å². The van der Waals surface area contributed by atoms with Gasteiger partial charge in [-0.15, -0.1) is 0 Å². The Morgan fingerprint density at radius 1 is 1.71 bits per heavy atom. The fourth-order valence-corrected chi connectivity index (χ4v) is 2.91. The molecule has 1 heterocycles. The molecule has 1 unspecified atom stereocenters. The van der Waals surface area contributed by atoms with Crippen LogP contribution in [0.4, 0.5) is 0 Å². The van der Waals surface area contributed by atoms with Gasteiger partial charge in [0.05, 0.1) is 6.42 Å². The van der Waals surface area contributed by atoms with Crippen LogP contribution in [0.25, 0.3) is 0 Å². The van der Waals surface area contributed by atoms with Crippen molar-refractivity contribution < 1.29 is 9.90 Å². The van der Waals surface area contributed by atoms with Crippen molar-refractivity contribution in [2.75, 3.05) is 0 Å². The zero-order valence-corrected chi connectivity index (χ0v) is 9.69. The Bertz CT molecular complexity index is 314. The van der Waals surface area contributed by atoms with Crippen LogP contribution in [-0.4, -0.2) is 25.7 Å². The van der Waals surface area contributed by atoms with Crippen LogP contribution in [0.1, 0.15) is 25.6 Å². The number of nitrogens with zero attached hydrogens (tertiary/aromatic N) is 2. The molecule has 0 radical (unpaired) electrons. The average molecular weight is 232 g/mol. The Hall–Kier alpha value is -0.620. The lowest BCUT2D eigenvalue weighted by Crippen LogP contribution is -2.08. The monoisotopic (exact) mass is 232 g/mol. The number of carboxylic acid groups (broad SMARTS) is 1. The predicted molar refractivity (Wildman–Crippen MR) is 56.8 cm³/mol. The van der Waals surface area contributed by atoms with Crippen molar-refractivity contribution in [3.63, 3.8) is 0 Å². The molecule has 0 aliphatic rings. The molecule has 0 bridgehead atoms. The normalized spacial score (nSPS) is 12.7. The summed E-state index contributed by atoms with van der Waals surface area (Å²) in [5.41, 5.74) is 0. The predicted octanol–water partition coefficient (Wildman–Crippen LogP) is 2.19. The summed E-state index contributed by atoms with van der Waals surface area (Å²) in [6.07, 6.45) is 1.01. The SMILES string of the molecule is CCC(CC(=O)O)Sc1nc(C)ns1. The lowest BCUT2D eigenvalue weighted by molar-refractivity contribution is -0.136. The molecule has 0 spiro atoms. The van der Waals surface area contributed by atoms with Crippen LogP contribution >= 0.6 is 23.3 Å². The first-order chi connectivity index (χ1) is 6.61. The van der Waals surface area contributed by atoms with Crippen molar-refractivity contribution in [3.05, 3.63) is 5.82 Å². The van der Waals surface area contributed by atoms with Crippen LogP contribution in [0, 0.1) is 6.92 Å². The highest BCUT2D eigenvalue weighted by atomic mass is 32.2. The smallest absolute Gasteiger partial charge is 0.304 e. The highest BCUT2D eigenvalue weighted by Gasteiger charge is 2.14. The summed E-state index contributed by atoms with van der Waals surface area (Å²) in [6.45, 7) is 3.81. The molecule has 0 fully saturated rings. The summed E-state index contributed by atoms with van der Waals surface area (Å²) >= 11 is 2.83. The van der Waals surface area contributed by atoms with E-state index in [0.29, 0.717) is 0 Å². The highest BCUT2D eigenvalue weighted by Crippen LogP contribution is 2.28. The van der Waals surface area contributed by atoms with Crippen LogP contribution in [0.15, 0.2) is 4.34 Å². The molecule has 0 saturated carbocycles. The highest BCUT2D eigenvalue weighted by molar-refractivity contribution is 8.01. The van der Waals surface area contributed by atoms with E-state index in [1.807, 2.05) is 13.8 Å². The number of thioether (sulfide) groups is 1. The van der Waals surface area contributed by atoms with Gasteiger partial charge in [0.15, 0.2) is 4.34 Å². The number of aromatic nitrogens is 2. The fraction of sp³-hybridized carbons (Fsp3) is 0.625. The maximum atomic E-state index is 10.5. The molecule has 0 aliphatic carbocycles. The summed E-state index contributed by atoms with van der Waals surface area (Å²) in [5, 5.41) is 8.75. The van der Waals surface area contributed by atoms with Gasteiger partial charge in [0.25, 0.3) is 0 Å². The zero-order valence-electron chi connectivity index (χ0n) is 8.06. The lowest BCUT2D eigenvalue weighted by Gasteiger charge is -2.08. The van der Waals surface area contributed by atoms with Gasteiger partial charge in [-0.3, -0.25) is 4.79 Å². The molecule has 14 heavy (non-hydrogen) atoms. The molecule has 78 valence electrons. The van der Waals surface area contributed by atoms with Crippen molar-refractivity contribution in [2.24, 2.45) is 0 Å². The van der Waals surface area contributed by atoms with Gasteiger partial charge in [-0.1, -0.05) is 18.7 Å². The first-order valence-corrected chi connectivity index (χ1v) is 5.96. The third-order valence-corrected chi connectivity index (χ3v) is 3.88. The average Bonchev–Trinajstić information content (AvgIpc) is 2.49. The van der Waals surface area contributed by atoms with Crippen molar-refractivity contribution in [3.8, 4) is 0 Å². The Labute approximate surface area is 90.9 Å². The molecule has 6 heteroatoms. The number of hydrogen-bond acceptors (Lipinski definition) is 5. The number of aryl methyl sites for hydroxylation is 1. The van der Waals surface area contributed by atoms with Gasteiger partial charge in [-0.25, -0.2) is 4.98 Å². The molecule has 0 saturated heterocycles. The molecule has 1 rings (SSSR count). The lowest BCUT2D eigenvalue weighted by atomic mass is 10.2. The number of carboxylic acids is 1. The van der Waals surface area contributed by atoms with Gasteiger partial charge in [-0.05, 0) is 24.9 Å². The second kappa shape index (κ2) is 5.31. The number of aliphatic carboxylic acids is 1. The van der Waals surface area contributed by atoms with Crippen molar-refractivity contribution >= 4 is 29.3 Å². The maximum absolute atomic E-state index is 10.5. The number of hydrogen-bond donors (Lipinski definition) is 1. The third kappa shape index (κ3) is 3.63. The first-order valence-electron chi connectivity index (χ1n) is 4.30. The molecule has 1 aromatic heterocycles. The van der Waals surface area contributed by atoms with Crippen LogP contribution in [0.2, 0.25) is 0 Å². The minimum atomic E-state index is -0.759. The summed E-state index contributed by atoms with van der Waals surface area (Å²) < 4.78 is 4.90. The molecule has 1 atom stereocenters. The molecule has 1 aromatic rings. The molecule has 0 aromatic carbocycles. The van der Waals surface area contributed by atoms with Gasteiger partial charge in [0, 0.05) is 5.25 Å². The molecule has 4 nitrogen and oxygen atoms in total. The van der Waals surface area contributed by atoms with E-state index in [2.05, 4.69) is 9.36 Å². The minimum Gasteiger partial charge on any atom is -0.481 e. The topological polar surface area (TPSA) is 63.1 Å². The molecular weight excluding hydrogens is 220 g/mol. The summed E-state index contributed by atoms with van der Waals surface area (Å²) in [4.78, 5) is 14.7. The van der Waals surface area contributed by atoms with E-state index >= 15 is 0 Å². The van der Waals surface area contributed by atoms with Gasteiger partial charge in [0.1, 0.15) is 5.82 Å². The van der Waals surface area contributed by atoms with Gasteiger partial charge in [0.2, 0.25) is 0 Å². The quantitative estimate of drug-likeness (QED) is 0.788. The Morgan fingerprint density at radius 2 is 2.43 bits per heavy atom. The largest absolute Gasteiger partial charge is 0.481 e. The summed E-state index contributed by atoms with van der Waals surface area (Å²) in [5.74, 6) is -0.00624. The van der Waals surface area contributed by atoms with Crippen LogP contribution in [-0.2, 0) is 4.79 Å². The van der Waals surface area contributed by atoms with E-state index in [-0.39, 0.29) is 11.7 Å². The molecule has 0 aliphatic heterocycles. The third-order valence-electron chi connectivity index (χ3n) is 1.63. The Morgan fingerprint density at radius 3 is 2.86 bits per heavy atom. The van der Waals surface area contributed by atoms with E-state index in [0.717, 1.165) is 16.6 Å². The number of carbonyl (C=O) groups is 1. The van der Waals surface area contributed by atoms with Crippen LogP contribution in [0.3, 0.4) is 0 Å².